The van der Waals surface area contributed by atoms with E-state index in [1.807, 2.05) is 0 Å². The van der Waals surface area contributed by atoms with E-state index in [4.69, 9.17) is 0 Å². The Morgan fingerprint density at radius 2 is 1.74 bits per heavy atom. The van der Waals surface area contributed by atoms with Crippen molar-refractivity contribution in [3.05, 3.63) is 66.4 Å². The summed E-state index contributed by atoms with van der Waals surface area (Å²) in [6.07, 6.45) is 2.58. The number of benzene rings is 2. The highest BCUT2D eigenvalue weighted by Crippen LogP contribution is 2.31. The molecular weight excluding hydrogens is 454 g/mol. The Hall–Kier alpha value is -3.01. The number of carbonyl (C=O) groups excluding carboxylic acids is 1. The first-order chi connectivity index (χ1) is 16.0. The summed E-state index contributed by atoms with van der Waals surface area (Å²) >= 11 is 0. The minimum absolute atomic E-state index is 0.0811. The lowest BCUT2D eigenvalue weighted by atomic mass is 9.82. The number of pyridine rings is 1. The summed E-state index contributed by atoms with van der Waals surface area (Å²) in [5.41, 5.74) is -0.816. The quantitative estimate of drug-likeness (QED) is 0.495. The Bertz CT molecular complexity index is 1290. The molecule has 1 fully saturated rings. The molecule has 2 heterocycles. The zero-order chi connectivity index (χ0) is 24.6. The number of hydrogen-bond donors (Lipinski definition) is 3. The van der Waals surface area contributed by atoms with Crippen molar-refractivity contribution in [2.75, 3.05) is 17.8 Å². The highest BCUT2D eigenvalue weighted by molar-refractivity contribution is 7.93. The van der Waals surface area contributed by atoms with Gasteiger partial charge in [-0.3, -0.25) is 14.5 Å². The molecule has 0 spiro atoms. The average molecular weight is 484 g/mol. The Labute approximate surface area is 199 Å². The monoisotopic (exact) mass is 483 g/mol. The number of fused-ring (bicyclic) bond motifs is 1. The van der Waals surface area contributed by atoms with Gasteiger partial charge in [-0.1, -0.05) is 18.2 Å². The second-order valence-electron chi connectivity index (χ2n) is 9.52. The van der Waals surface area contributed by atoms with Gasteiger partial charge < -0.3 is 15.1 Å². The first kappa shape index (κ1) is 24.1. The number of nitrogens with one attached hydrogen (secondary N) is 1. The minimum atomic E-state index is -3.88. The third-order valence-corrected chi connectivity index (χ3v) is 7.43. The van der Waals surface area contributed by atoms with E-state index in [0.717, 1.165) is 5.39 Å². The molecule has 1 saturated heterocycles. The summed E-state index contributed by atoms with van der Waals surface area (Å²) in [6, 6.07) is 14.8. The Balaban J connectivity index is 1.44. The fourth-order valence-electron chi connectivity index (χ4n) is 4.47. The summed E-state index contributed by atoms with van der Waals surface area (Å²) < 4.78 is 28.5. The second-order valence-corrected chi connectivity index (χ2v) is 11.2. The molecule has 34 heavy (non-hydrogen) atoms. The fraction of sp³-hybridized carbons (Fsp3) is 0.360. The molecule has 0 radical (unpaired) electrons. The fourth-order valence-corrected chi connectivity index (χ4v) is 5.71. The summed E-state index contributed by atoms with van der Waals surface area (Å²) in [7, 11) is -3.88. The number of likely N-dealkylation sites (tertiary alicyclic amines) is 1. The van der Waals surface area contributed by atoms with Crippen molar-refractivity contribution in [3.63, 3.8) is 0 Å². The van der Waals surface area contributed by atoms with Crippen molar-refractivity contribution in [2.45, 2.75) is 49.2 Å². The normalized spacial score (nSPS) is 16.4. The lowest BCUT2D eigenvalue weighted by Crippen LogP contribution is -2.49. The van der Waals surface area contributed by atoms with Gasteiger partial charge in [-0.25, -0.2) is 8.42 Å². The predicted molar refractivity (Wildman–Crippen MR) is 130 cm³/mol. The topological polar surface area (TPSA) is 120 Å². The predicted octanol–water partition coefficient (Wildman–Crippen LogP) is 3.16. The first-order valence-electron chi connectivity index (χ1n) is 11.2. The van der Waals surface area contributed by atoms with Crippen molar-refractivity contribution in [2.24, 2.45) is 0 Å². The molecule has 2 aromatic carbocycles. The number of rotatable bonds is 6. The van der Waals surface area contributed by atoms with Crippen LogP contribution in [0.25, 0.3) is 10.9 Å². The number of anilines is 1. The van der Waals surface area contributed by atoms with Crippen LogP contribution in [0.5, 0.6) is 0 Å². The van der Waals surface area contributed by atoms with Gasteiger partial charge in [-0.15, -0.1) is 0 Å². The van der Waals surface area contributed by atoms with Gasteiger partial charge in [0.1, 0.15) is 4.90 Å². The number of hydrogen-bond acceptors (Lipinski definition) is 6. The highest BCUT2D eigenvalue weighted by atomic mass is 32.2. The van der Waals surface area contributed by atoms with Gasteiger partial charge in [0.05, 0.1) is 16.7 Å². The van der Waals surface area contributed by atoms with Crippen LogP contribution >= 0.6 is 0 Å². The third kappa shape index (κ3) is 5.38. The molecule has 1 aromatic heterocycles. The Kier molecular flexibility index (Phi) is 6.37. The standard InChI is InChI=1S/C25H29N3O5S/c1-24(2,30)17-25(31)12-15-28(16-13-25)23(29)19-8-10-20(11-9-19)27-34(32,33)21-7-3-5-18-6-4-14-26-22(18)21/h3-11,14,27,30-31H,12-13,15-17H2,1-2H3. The van der Waals surface area contributed by atoms with Crippen LogP contribution in [0.15, 0.2) is 65.7 Å². The molecule has 0 bridgehead atoms. The minimum Gasteiger partial charge on any atom is -0.390 e. The van der Waals surface area contributed by atoms with E-state index in [9.17, 15) is 23.4 Å². The largest absolute Gasteiger partial charge is 0.390 e. The van der Waals surface area contributed by atoms with E-state index >= 15 is 0 Å². The van der Waals surface area contributed by atoms with Gasteiger partial charge >= 0.3 is 0 Å². The number of aromatic nitrogens is 1. The SMILES string of the molecule is CC(C)(O)CC1(O)CCN(C(=O)c2ccc(NS(=O)(=O)c3cccc4cccnc34)cc2)CC1. The summed E-state index contributed by atoms with van der Waals surface area (Å²) in [4.78, 5) is 18.9. The smallest absolute Gasteiger partial charge is 0.264 e. The van der Waals surface area contributed by atoms with Crippen LogP contribution in [0, 0.1) is 0 Å². The van der Waals surface area contributed by atoms with Crippen molar-refractivity contribution in [1.29, 1.82) is 0 Å². The lowest BCUT2D eigenvalue weighted by molar-refractivity contribution is -0.0747. The molecule has 9 heteroatoms. The molecular formula is C25H29N3O5S. The van der Waals surface area contributed by atoms with E-state index in [2.05, 4.69) is 9.71 Å². The summed E-state index contributed by atoms with van der Waals surface area (Å²) in [5.74, 6) is -0.182. The van der Waals surface area contributed by atoms with Crippen molar-refractivity contribution < 1.29 is 23.4 Å². The number of amides is 1. The van der Waals surface area contributed by atoms with Gasteiger partial charge in [-0.2, -0.15) is 0 Å². The van der Waals surface area contributed by atoms with Crippen LogP contribution < -0.4 is 4.72 Å². The van der Waals surface area contributed by atoms with E-state index in [-0.39, 0.29) is 17.2 Å². The molecule has 0 saturated carbocycles. The maximum Gasteiger partial charge on any atom is 0.264 e. The van der Waals surface area contributed by atoms with Gasteiger partial charge in [-0.05, 0) is 63.1 Å². The van der Waals surface area contributed by atoms with Gasteiger partial charge in [0.15, 0.2) is 0 Å². The number of sulfonamides is 1. The number of aliphatic hydroxyl groups is 2. The molecule has 1 aliphatic rings. The molecule has 4 rings (SSSR count). The molecule has 8 nitrogen and oxygen atoms in total. The molecule has 0 aliphatic carbocycles. The van der Waals surface area contributed by atoms with E-state index in [1.54, 1.807) is 73.5 Å². The van der Waals surface area contributed by atoms with Crippen LogP contribution in [0.3, 0.4) is 0 Å². The molecule has 1 amide bonds. The summed E-state index contributed by atoms with van der Waals surface area (Å²) in [5, 5.41) is 21.5. The van der Waals surface area contributed by atoms with Crippen molar-refractivity contribution in [1.82, 2.24) is 9.88 Å². The van der Waals surface area contributed by atoms with Crippen LogP contribution in [0.2, 0.25) is 0 Å². The van der Waals surface area contributed by atoms with Gasteiger partial charge in [0, 0.05) is 42.3 Å². The molecule has 3 aromatic rings. The molecule has 0 atom stereocenters. The third-order valence-electron chi connectivity index (χ3n) is 6.01. The van der Waals surface area contributed by atoms with E-state index < -0.39 is 21.2 Å². The highest BCUT2D eigenvalue weighted by Gasteiger charge is 2.38. The lowest BCUT2D eigenvalue weighted by Gasteiger charge is -2.40. The summed E-state index contributed by atoms with van der Waals surface area (Å²) in [6.45, 7) is 4.09. The Morgan fingerprint density at radius 3 is 2.38 bits per heavy atom. The first-order valence-corrected chi connectivity index (χ1v) is 12.6. The van der Waals surface area contributed by atoms with Crippen LogP contribution in [-0.4, -0.2) is 58.7 Å². The number of nitrogens with zero attached hydrogens (tertiary/aromatic N) is 2. The second kappa shape index (κ2) is 8.98. The molecule has 1 aliphatic heterocycles. The zero-order valence-electron chi connectivity index (χ0n) is 19.2. The van der Waals surface area contributed by atoms with Crippen molar-refractivity contribution in [3.8, 4) is 0 Å². The van der Waals surface area contributed by atoms with Gasteiger partial charge in [0.25, 0.3) is 15.9 Å². The number of piperidine rings is 1. The van der Waals surface area contributed by atoms with E-state index in [1.165, 1.54) is 6.07 Å². The average Bonchev–Trinajstić information content (AvgIpc) is 2.77. The number of para-hydroxylation sites is 1. The maximum absolute atomic E-state index is 13.0. The maximum atomic E-state index is 13.0. The number of carbonyl (C=O) groups is 1. The van der Waals surface area contributed by atoms with Crippen molar-refractivity contribution >= 4 is 32.5 Å². The van der Waals surface area contributed by atoms with Gasteiger partial charge in [0.2, 0.25) is 0 Å². The molecule has 180 valence electrons. The van der Waals surface area contributed by atoms with Crippen LogP contribution in [0.4, 0.5) is 5.69 Å². The zero-order valence-corrected chi connectivity index (χ0v) is 20.0. The molecule has 3 N–H and O–H groups in total. The molecule has 0 unspecified atom stereocenters. The van der Waals surface area contributed by atoms with Crippen LogP contribution in [-0.2, 0) is 10.0 Å². The Morgan fingerprint density at radius 1 is 1.09 bits per heavy atom. The van der Waals surface area contributed by atoms with E-state index in [0.29, 0.717) is 42.7 Å². The van der Waals surface area contributed by atoms with Crippen LogP contribution in [0.1, 0.15) is 43.5 Å².